The maximum absolute atomic E-state index is 12.5. The molecule has 1 atom stereocenters. The number of para-hydroxylation sites is 1. The topological polar surface area (TPSA) is 64.9 Å². The van der Waals surface area contributed by atoms with E-state index in [1.54, 1.807) is 6.20 Å². The molecule has 5 rings (SSSR count). The van der Waals surface area contributed by atoms with Crippen molar-refractivity contribution in [2.45, 2.75) is 58.4 Å². The van der Waals surface area contributed by atoms with Crippen molar-refractivity contribution in [1.82, 2.24) is 5.32 Å². The van der Waals surface area contributed by atoms with Crippen molar-refractivity contribution < 1.29 is 4.79 Å². The average Bonchev–Trinajstić information content (AvgIpc) is 2.63. The lowest BCUT2D eigenvalue weighted by Crippen LogP contribution is -2.54. The third-order valence-electron chi connectivity index (χ3n) is 7.24. The van der Waals surface area contributed by atoms with Gasteiger partial charge in [-0.3, -0.25) is 4.79 Å². The summed E-state index contributed by atoms with van der Waals surface area (Å²) in [5.41, 5.74) is 2.21. The standard InChI is InChI=1S/C23H29N3O/c1-15-5-3-4-6-21(15)26-22(27)20(13-24)14-25-16(2)23-10-17-7-18(11-23)9-19(8-17)12-23/h3-6,14,16-19,25H,7-12H2,1-2H3,(H,26,27)/b20-14-. The van der Waals surface area contributed by atoms with Crippen molar-refractivity contribution in [2.24, 2.45) is 23.2 Å². The van der Waals surface area contributed by atoms with E-state index in [1.165, 1.54) is 38.5 Å². The summed E-state index contributed by atoms with van der Waals surface area (Å²) in [5.74, 6) is 2.33. The Hall–Kier alpha value is -2.28. The molecule has 4 aliphatic carbocycles. The zero-order valence-corrected chi connectivity index (χ0v) is 16.3. The first-order valence-electron chi connectivity index (χ1n) is 10.2. The van der Waals surface area contributed by atoms with Gasteiger partial charge in [0, 0.05) is 17.9 Å². The number of benzene rings is 1. The van der Waals surface area contributed by atoms with Crippen molar-refractivity contribution in [3.05, 3.63) is 41.6 Å². The molecule has 0 aliphatic heterocycles. The lowest BCUT2D eigenvalue weighted by atomic mass is 9.48. The Morgan fingerprint density at radius 2 is 1.78 bits per heavy atom. The molecule has 1 aromatic rings. The molecule has 0 aromatic heterocycles. The van der Waals surface area contributed by atoms with Crippen LogP contribution in [-0.2, 0) is 4.79 Å². The lowest BCUT2D eigenvalue weighted by Gasteiger charge is -2.59. The number of nitriles is 1. The lowest BCUT2D eigenvalue weighted by molar-refractivity contribution is -0.112. The minimum Gasteiger partial charge on any atom is -0.387 e. The molecule has 2 N–H and O–H groups in total. The second-order valence-electron chi connectivity index (χ2n) is 9.11. The minimum absolute atomic E-state index is 0.134. The van der Waals surface area contributed by atoms with Crippen molar-refractivity contribution >= 4 is 11.6 Å². The normalized spacial score (nSPS) is 32.6. The molecule has 1 unspecified atom stereocenters. The highest BCUT2D eigenvalue weighted by molar-refractivity contribution is 6.06. The zero-order valence-electron chi connectivity index (χ0n) is 16.3. The van der Waals surface area contributed by atoms with E-state index in [9.17, 15) is 10.1 Å². The van der Waals surface area contributed by atoms with Crippen LogP contribution in [0, 0.1) is 41.4 Å². The van der Waals surface area contributed by atoms with E-state index in [-0.39, 0.29) is 11.5 Å². The van der Waals surface area contributed by atoms with Crippen LogP contribution in [0.15, 0.2) is 36.0 Å². The monoisotopic (exact) mass is 363 g/mol. The Morgan fingerprint density at radius 1 is 1.19 bits per heavy atom. The van der Waals surface area contributed by atoms with Gasteiger partial charge in [0.15, 0.2) is 0 Å². The smallest absolute Gasteiger partial charge is 0.267 e. The molecule has 1 amide bonds. The van der Waals surface area contributed by atoms with Gasteiger partial charge in [0.2, 0.25) is 0 Å². The maximum atomic E-state index is 12.5. The van der Waals surface area contributed by atoms with Gasteiger partial charge in [-0.25, -0.2) is 0 Å². The number of anilines is 1. The molecule has 4 nitrogen and oxygen atoms in total. The Labute approximate surface area is 162 Å². The summed E-state index contributed by atoms with van der Waals surface area (Å²) in [7, 11) is 0. The highest BCUT2D eigenvalue weighted by atomic mass is 16.1. The number of carbonyl (C=O) groups is 1. The van der Waals surface area contributed by atoms with Gasteiger partial charge in [0.05, 0.1) is 0 Å². The summed E-state index contributed by atoms with van der Waals surface area (Å²) in [5, 5.41) is 15.7. The third-order valence-corrected chi connectivity index (χ3v) is 7.24. The molecular weight excluding hydrogens is 334 g/mol. The number of aryl methyl sites for hydroxylation is 1. The molecular formula is C23H29N3O. The number of rotatable bonds is 5. The molecule has 4 fully saturated rings. The number of nitrogens with one attached hydrogen (secondary N) is 2. The Kier molecular flexibility index (Phi) is 4.72. The first-order chi connectivity index (χ1) is 13.0. The number of hydrogen-bond donors (Lipinski definition) is 2. The van der Waals surface area contributed by atoms with E-state index in [0.29, 0.717) is 11.5 Å². The summed E-state index contributed by atoms with van der Waals surface area (Å²) in [4.78, 5) is 12.5. The van der Waals surface area contributed by atoms with Crippen LogP contribution in [0.5, 0.6) is 0 Å². The van der Waals surface area contributed by atoms with Gasteiger partial charge in [0.25, 0.3) is 5.91 Å². The fourth-order valence-electron chi connectivity index (χ4n) is 6.14. The van der Waals surface area contributed by atoms with E-state index in [1.807, 2.05) is 31.2 Å². The summed E-state index contributed by atoms with van der Waals surface area (Å²) in [6.07, 6.45) is 9.81. The number of carbonyl (C=O) groups excluding carboxylic acids is 1. The third kappa shape index (κ3) is 3.48. The zero-order chi connectivity index (χ0) is 19.0. The van der Waals surface area contributed by atoms with Crippen LogP contribution < -0.4 is 10.6 Å². The van der Waals surface area contributed by atoms with Crippen LogP contribution in [0.2, 0.25) is 0 Å². The van der Waals surface area contributed by atoms with Gasteiger partial charge in [-0.15, -0.1) is 0 Å². The molecule has 4 saturated carbocycles. The van der Waals surface area contributed by atoms with Crippen molar-refractivity contribution in [3.8, 4) is 6.07 Å². The SMILES string of the molecule is Cc1ccccc1NC(=O)/C(C#N)=C\NC(C)C12CC3CC(CC(C3)C1)C2. The highest BCUT2D eigenvalue weighted by Crippen LogP contribution is 2.61. The van der Waals surface area contributed by atoms with Crippen LogP contribution in [0.3, 0.4) is 0 Å². The summed E-state index contributed by atoms with van der Waals surface area (Å²) < 4.78 is 0. The van der Waals surface area contributed by atoms with E-state index in [2.05, 4.69) is 23.6 Å². The van der Waals surface area contributed by atoms with Gasteiger partial charge < -0.3 is 10.6 Å². The quantitative estimate of drug-likeness (QED) is 0.596. The number of nitrogens with zero attached hydrogens (tertiary/aromatic N) is 1. The number of hydrogen-bond acceptors (Lipinski definition) is 3. The predicted octanol–water partition coefficient (Wildman–Crippen LogP) is 4.54. The Balaban J connectivity index is 1.44. The molecule has 0 spiro atoms. The van der Waals surface area contributed by atoms with Gasteiger partial charge in [-0.2, -0.15) is 5.26 Å². The van der Waals surface area contributed by atoms with Crippen LogP contribution >= 0.6 is 0 Å². The summed E-state index contributed by atoms with van der Waals surface area (Å²) in [6, 6.07) is 9.96. The number of amides is 1. The second kappa shape index (κ2) is 7.03. The maximum Gasteiger partial charge on any atom is 0.267 e. The van der Waals surface area contributed by atoms with Crippen molar-refractivity contribution in [2.75, 3.05) is 5.32 Å². The van der Waals surface area contributed by atoms with Gasteiger partial charge in [-0.05, 0) is 87.2 Å². The summed E-state index contributed by atoms with van der Waals surface area (Å²) >= 11 is 0. The van der Waals surface area contributed by atoms with E-state index in [0.717, 1.165) is 29.0 Å². The van der Waals surface area contributed by atoms with Gasteiger partial charge in [-0.1, -0.05) is 18.2 Å². The molecule has 27 heavy (non-hydrogen) atoms. The van der Waals surface area contributed by atoms with E-state index >= 15 is 0 Å². The fraction of sp³-hybridized carbons (Fsp3) is 0.565. The van der Waals surface area contributed by atoms with Crippen LogP contribution in [0.25, 0.3) is 0 Å². The molecule has 0 heterocycles. The molecule has 0 saturated heterocycles. The molecule has 4 aliphatic rings. The van der Waals surface area contributed by atoms with Crippen LogP contribution in [0.4, 0.5) is 5.69 Å². The Morgan fingerprint density at radius 3 is 2.33 bits per heavy atom. The summed E-state index contributed by atoms with van der Waals surface area (Å²) in [6.45, 7) is 4.18. The molecule has 4 heteroatoms. The van der Waals surface area contributed by atoms with Crippen LogP contribution in [0.1, 0.15) is 51.0 Å². The molecule has 1 aromatic carbocycles. The first-order valence-corrected chi connectivity index (χ1v) is 10.2. The predicted molar refractivity (Wildman–Crippen MR) is 107 cm³/mol. The van der Waals surface area contributed by atoms with E-state index < -0.39 is 0 Å². The largest absolute Gasteiger partial charge is 0.387 e. The average molecular weight is 364 g/mol. The molecule has 0 radical (unpaired) electrons. The van der Waals surface area contributed by atoms with E-state index in [4.69, 9.17) is 0 Å². The van der Waals surface area contributed by atoms with Crippen LogP contribution in [-0.4, -0.2) is 11.9 Å². The first kappa shape index (κ1) is 18.1. The second-order valence-corrected chi connectivity index (χ2v) is 9.11. The van der Waals surface area contributed by atoms with Crippen molar-refractivity contribution in [3.63, 3.8) is 0 Å². The molecule has 142 valence electrons. The van der Waals surface area contributed by atoms with Crippen molar-refractivity contribution in [1.29, 1.82) is 5.26 Å². The fourth-order valence-corrected chi connectivity index (χ4v) is 6.14. The minimum atomic E-state index is -0.350. The van der Waals surface area contributed by atoms with Gasteiger partial charge >= 0.3 is 0 Å². The highest BCUT2D eigenvalue weighted by Gasteiger charge is 2.52. The Bertz CT molecular complexity index is 769. The van der Waals surface area contributed by atoms with Gasteiger partial charge in [0.1, 0.15) is 11.6 Å². The molecule has 4 bridgehead atoms.